The molecule has 1 aliphatic rings. The maximum atomic E-state index is 11.4. The van der Waals surface area contributed by atoms with Gasteiger partial charge in [0.15, 0.2) is 5.17 Å². The van der Waals surface area contributed by atoms with E-state index in [9.17, 15) is 4.79 Å². The number of rotatable bonds is 4. The number of thioether (sulfide) groups is 1. The molecule has 0 saturated carbocycles. The standard InChI is InChI=1S/C14H15N3OS/c1-2-12-13(18)16-14(19-12)17-15-10-6-9-11-7-4-3-5-8-11/h3-10,12H,2H2,1H3,(H,16,17,18)/b9-6-,15-10-. The van der Waals surface area contributed by atoms with Gasteiger partial charge in [0.25, 0.3) is 0 Å². The van der Waals surface area contributed by atoms with Crippen LogP contribution in [0.4, 0.5) is 0 Å². The van der Waals surface area contributed by atoms with Gasteiger partial charge in [0.2, 0.25) is 5.91 Å². The van der Waals surface area contributed by atoms with E-state index < -0.39 is 0 Å². The normalized spacial score (nSPS) is 21.6. The third kappa shape index (κ3) is 4.06. The van der Waals surface area contributed by atoms with Gasteiger partial charge in [-0.3, -0.25) is 4.79 Å². The molecule has 19 heavy (non-hydrogen) atoms. The molecule has 2 rings (SSSR count). The molecule has 1 heterocycles. The SMILES string of the molecule is CCC1S/C(=N/N=C\C=C/c2ccccc2)NC1=O. The Balaban J connectivity index is 1.87. The van der Waals surface area contributed by atoms with E-state index in [0.717, 1.165) is 12.0 Å². The highest BCUT2D eigenvalue weighted by atomic mass is 32.2. The molecule has 0 aromatic heterocycles. The lowest BCUT2D eigenvalue weighted by atomic mass is 10.2. The number of nitrogens with zero attached hydrogens (tertiary/aromatic N) is 2. The summed E-state index contributed by atoms with van der Waals surface area (Å²) in [6, 6.07) is 9.95. The van der Waals surface area contributed by atoms with Gasteiger partial charge >= 0.3 is 0 Å². The third-order valence-corrected chi connectivity index (χ3v) is 3.78. The second-order valence-electron chi connectivity index (χ2n) is 3.94. The number of hydrogen-bond acceptors (Lipinski definition) is 4. The lowest BCUT2D eigenvalue weighted by molar-refractivity contribution is -0.118. The van der Waals surface area contributed by atoms with Crippen LogP contribution < -0.4 is 5.32 Å². The van der Waals surface area contributed by atoms with Crippen LogP contribution in [0.3, 0.4) is 0 Å². The molecule has 1 aliphatic heterocycles. The van der Waals surface area contributed by atoms with Crippen molar-refractivity contribution in [2.45, 2.75) is 18.6 Å². The summed E-state index contributed by atoms with van der Waals surface area (Å²) in [7, 11) is 0. The van der Waals surface area contributed by atoms with Crippen LogP contribution in [0.15, 0.2) is 46.6 Å². The van der Waals surface area contributed by atoms with Crippen LogP contribution in [0.2, 0.25) is 0 Å². The third-order valence-electron chi connectivity index (χ3n) is 2.54. The van der Waals surface area contributed by atoms with E-state index in [0.29, 0.717) is 5.17 Å². The average molecular weight is 273 g/mol. The minimum absolute atomic E-state index is 0.0151. The minimum Gasteiger partial charge on any atom is -0.303 e. The number of amidine groups is 1. The Bertz CT molecular complexity index is 523. The molecule has 1 aromatic rings. The molecule has 1 aromatic carbocycles. The van der Waals surface area contributed by atoms with E-state index in [2.05, 4.69) is 15.5 Å². The summed E-state index contributed by atoms with van der Waals surface area (Å²) in [4.78, 5) is 11.4. The van der Waals surface area contributed by atoms with Crippen molar-refractivity contribution in [1.82, 2.24) is 5.32 Å². The summed E-state index contributed by atoms with van der Waals surface area (Å²) < 4.78 is 0. The summed E-state index contributed by atoms with van der Waals surface area (Å²) in [5.41, 5.74) is 1.11. The van der Waals surface area contributed by atoms with Gasteiger partial charge in [-0.15, -0.1) is 5.10 Å². The van der Waals surface area contributed by atoms with E-state index in [1.54, 1.807) is 6.21 Å². The van der Waals surface area contributed by atoms with Crippen LogP contribution >= 0.6 is 11.8 Å². The van der Waals surface area contributed by atoms with Gasteiger partial charge in [-0.1, -0.05) is 55.1 Å². The van der Waals surface area contributed by atoms with E-state index in [1.165, 1.54) is 11.8 Å². The van der Waals surface area contributed by atoms with Crippen molar-refractivity contribution in [3.05, 3.63) is 42.0 Å². The summed E-state index contributed by atoms with van der Waals surface area (Å²) in [5, 5.41) is 11.1. The highest BCUT2D eigenvalue weighted by Gasteiger charge is 2.28. The Morgan fingerprint density at radius 2 is 2.16 bits per heavy atom. The molecule has 1 N–H and O–H groups in total. The Hall–Kier alpha value is -1.88. The molecule has 4 nitrogen and oxygen atoms in total. The van der Waals surface area contributed by atoms with Gasteiger partial charge in [0.05, 0.1) is 5.25 Å². The fourth-order valence-electron chi connectivity index (χ4n) is 1.56. The molecule has 98 valence electrons. The van der Waals surface area contributed by atoms with Gasteiger partial charge in [-0.05, 0) is 18.1 Å². The van der Waals surface area contributed by atoms with Crippen LogP contribution in [0.1, 0.15) is 18.9 Å². The molecular formula is C14H15N3OS. The number of benzene rings is 1. The molecule has 1 amide bonds. The number of hydrogen-bond donors (Lipinski definition) is 1. The van der Waals surface area contributed by atoms with Crippen molar-refractivity contribution in [3.63, 3.8) is 0 Å². The molecular weight excluding hydrogens is 258 g/mol. The fraction of sp³-hybridized carbons (Fsp3) is 0.214. The van der Waals surface area contributed by atoms with Gasteiger partial charge in [-0.2, -0.15) is 5.10 Å². The summed E-state index contributed by atoms with van der Waals surface area (Å²) in [6.07, 6.45) is 6.16. The number of carbonyl (C=O) groups is 1. The average Bonchev–Trinajstić information content (AvgIpc) is 2.80. The second kappa shape index (κ2) is 6.89. The Morgan fingerprint density at radius 3 is 2.84 bits per heavy atom. The number of allylic oxidation sites excluding steroid dienone is 1. The maximum Gasteiger partial charge on any atom is 0.239 e. The highest BCUT2D eigenvalue weighted by Crippen LogP contribution is 2.21. The van der Waals surface area contributed by atoms with Crippen LogP contribution in [0, 0.1) is 0 Å². The quantitative estimate of drug-likeness (QED) is 0.677. The first-order chi connectivity index (χ1) is 9.29. The zero-order valence-corrected chi connectivity index (χ0v) is 11.4. The first-order valence-electron chi connectivity index (χ1n) is 6.10. The molecule has 1 atom stereocenters. The number of amides is 1. The first kappa shape index (κ1) is 13.5. The van der Waals surface area contributed by atoms with E-state index in [-0.39, 0.29) is 11.2 Å². The maximum absolute atomic E-state index is 11.4. The van der Waals surface area contributed by atoms with E-state index in [1.807, 2.05) is 49.4 Å². The van der Waals surface area contributed by atoms with Gasteiger partial charge < -0.3 is 5.32 Å². The Labute approximate surface area is 116 Å². The predicted octanol–water partition coefficient (Wildman–Crippen LogP) is 2.68. The first-order valence-corrected chi connectivity index (χ1v) is 6.98. The molecule has 0 spiro atoms. The lowest BCUT2D eigenvalue weighted by Crippen LogP contribution is -2.24. The van der Waals surface area contributed by atoms with Crippen LogP contribution in [0.25, 0.3) is 6.08 Å². The number of carbonyl (C=O) groups excluding carboxylic acids is 1. The molecule has 1 saturated heterocycles. The second-order valence-corrected chi connectivity index (χ2v) is 5.13. The van der Waals surface area contributed by atoms with Crippen molar-refractivity contribution in [2.75, 3.05) is 0 Å². The van der Waals surface area contributed by atoms with Crippen LogP contribution in [0.5, 0.6) is 0 Å². The Morgan fingerprint density at radius 1 is 1.37 bits per heavy atom. The molecule has 5 heteroatoms. The van der Waals surface area contributed by atoms with Crippen molar-refractivity contribution < 1.29 is 4.79 Å². The topological polar surface area (TPSA) is 53.8 Å². The summed E-state index contributed by atoms with van der Waals surface area (Å²) in [5.74, 6) is 0.0151. The number of nitrogens with one attached hydrogen (secondary N) is 1. The predicted molar refractivity (Wildman–Crippen MR) is 81.2 cm³/mol. The van der Waals surface area contributed by atoms with E-state index in [4.69, 9.17) is 0 Å². The molecule has 1 unspecified atom stereocenters. The fourth-order valence-corrected chi connectivity index (χ4v) is 2.42. The summed E-state index contributed by atoms with van der Waals surface area (Å²) in [6.45, 7) is 1.98. The van der Waals surface area contributed by atoms with E-state index >= 15 is 0 Å². The van der Waals surface area contributed by atoms with Crippen LogP contribution in [-0.2, 0) is 4.79 Å². The highest BCUT2D eigenvalue weighted by molar-refractivity contribution is 8.15. The smallest absolute Gasteiger partial charge is 0.239 e. The zero-order valence-electron chi connectivity index (χ0n) is 10.6. The van der Waals surface area contributed by atoms with Gasteiger partial charge in [-0.25, -0.2) is 0 Å². The minimum atomic E-state index is -0.0335. The lowest BCUT2D eigenvalue weighted by Gasteiger charge is -1.95. The Kier molecular flexibility index (Phi) is 4.92. The monoisotopic (exact) mass is 273 g/mol. The van der Waals surface area contributed by atoms with Gasteiger partial charge in [0, 0.05) is 6.21 Å². The summed E-state index contributed by atoms with van der Waals surface area (Å²) >= 11 is 1.42. The van der Waals surface area contributed by atoms with Crippen molar-refractivity contribution in [3.8, 4) is 0 Å². The van der Waals surface area contributed by atoms with Gasteiger partial charge in [0.1, 0.15) is 0 Å². The van der Waals surface area contributed by atoms with Crippen molar-refractivity contribution in [1.29, 1.82) is 0 Å². The zero-order chi connectivity index (χ0) is 13.5. The molecule has 0 bridgehead atoms. The van der Waals surface area contributed by atoms with Crippen LogP contribution in [-0.4, -0.2) is 22.5 Å². The van der Waals surface area contributed by atoms with Crippen molar-refractivity contribution >= 4 is 35.1 Å². The molecule has 1 fully saturated rings. The van der Waals surface area contributed by atoms with Crippen molar-refractivity contribution in [2.24, 2.45) is 10.2 Å². The molecule has 0 radical (unpaired) electrons. The molecule has 0 aliphatic carbocycles. The largest absolute Gasteiger partial charge is 0.303 e.